The van der Waals surface area contributed by atoms with E-state index in [1.165, 1.54) is 0 Å². The van der Waals surface area contributed by atoms with Crippen molar-refractivity contribution < 1.29 is 5.21 Å². The molecule has 1 rings (SSSR count). The molecule has 0 aliphatic rings. The van der Waals surface area contributed by atoms with E-state index >= 15 is 0 Å². The number of hydroxylamine groups is 1. The predicted octanol–water partition coefficient (Wildman–Crippen LogP) is 1.20. The van der Waals surface area contributed by atoms with Gasteiger partial charge in [-0.05, 0) is 24.3 Å². The largest absolute Gasteiger partial charge is 0.290 e. The minimum absolute atomic E-state index is 0.589. The Balaban J connectivity index is 2.80. The lowest BCUT2D eigenvalue weighted by atomic mass is 10.2. The summed E-state index contributed by atoms with van der Waals surface area (Å²) in [6, 6.07) is 8.68. The molecule has 1 aromatic rings. The molecule has 4 heteroatoms. The van der Waals surface area contributed by atoms with Crippen LogP contribution in [-0.2, 0) is 0 Å². The first-order chi connectivity index (χ1) is 5.86. The molecule has 0 amide bonds. The first-order valence-electron chi connectivity index (χ1n) is 3.29. The Labute approximate surface area is 69.7 Å². The molecule has 0 saturated heterocycles. The minimum atomic E-state index is 0.589. The second-order valence-electron chi connectivity index (χ2n) is 2.05. The van der Waals surface area contributed by atoms with Gasteiger partial charge < -0.3 is 0 Å². The lowest BCUT2D eigenvalue weighted by Gasteiger charge is -1.91. The third kappa shape index (κ3) is 2.08. The van der Waals surface area contributed by atoms with E-state index in [1.54, 1.807) is 29.7 Å². The van der Waals surface area contributed by atoms with E-state index in [4.69, 9.17) is 10.5 Å². The molecule has 0 aliphatic heterocycles. The fraction of sp³-hybridized carbons (Fsp3) is 0. The van der Waals surface area contributed by atoms with E-state index in [2.05, 4.69) is 4.99 Å². The van der Waals surface area contributed by atoms with Gasteiger partial charge in [-0.15, -0.1) is 0 Å². The van der Waals surface area contributed by atoms with Gasteiger partial charge in [-0.25, -0.2) is 4.99 Å². The number of rotatable bonds is 2. The molecule has 0 heterocycles. The summed E-state index contributed by atoms with van der Waals surface area (Å²) in [5.41, 5.74) is 3.05. The molecule has 0 radical (unpaired) electrons. The van der Waals surface area contributed by atoms with Gasteiger partial charge in [-0.2, -0.15) is 5.26 Å². The number of nitrogens with zero attached hydrogens (tertiary/aromatic N) is 2. The molecule has 0 saturated carbocycles. The van der Waals surface area contributed by atoms with Crippen LogP contribution in [0.1, 0.15) is 5.56 Å². The SMILES string of the molecule is N#Cc1ccc(N=CNO)cc1. The van der Waals surface area contributed by atoms with Crippen molar-refractivity contribution in [3.8, 4) is 6.07 Å². The van der Waals surface area contributed by atoms with E-state index in [-0.39, 0.29) is 0 Å². The normalized spacial score (nSPS) is 9.67. The Hall–Kier alpha value is -1.86. The molecular formula is C8H7N3O. The van der Waals surface area contributed by atoms with E-state index in [0.717, 1.165) is 6.34 Å². The number of nitriles is 1. The summed E-state index contributed by atoms with van der Waals surface area (Å²) in [4.78, 5) is 3.80. The van der Waals surface area contributed by atoms with Crippen molar-refractivity contribution in [3.05, 3.63) is 29.8 Å². The van der Waals surface area contributed by atoms with Crippen LogP contribution in [0.5, 0.6) is 0 Å². The zero-order valence-electron chi connectivity index (χ0n) is 6.23. The molecule has 60 valence electrons. The maximum atomic E-state index is 8.46. The molecular weight excluding hydrogens is 154 g/mol. The number of hydrogen-bond acceptors (Lipinski definition) is 3. The van der Waals surface area contributed by atoms with Crippen LogP contribution in [0.4, 0.5) is 5.69 Å². The highest BCUT2D eigenvalue weighted by Gasteiger charge is 1.88. The molecule has 1 aromatic carbocycles. The summed E-state index contributed by atoms with van der Waals surface area (Å²) in [5.74, 6) is 0. The molecule has 0 spiro atoms. The maximum absolute atomic E-state index is 8.46. The molecule has 0 bridgehead atoms. The van der Waals surface area contributed by atoms with Crippen molar-refractivity contribution in [1.82, 2.24) is 5.48 Å². The Bertz CT molecular complexity index is 310. The van der Waals surface area contributed by atoms with Gasteiger partial charge in [-0.3, -0.25) is 10.7 Å². The maximum Gasteiger partial charge on any atom is 0.113 e. The summed E-state index contributed by atoms with van der Waals surface area (Å²) >= 11 is 0. The van der Waals surface area contributed by atoms with Gasteiger partial charge in [0.1, 0.15) is 6.34 Å². The van der Waals surface area contributed by atoms with Gasteiger partial charge in [0.2, 0.25) is 0 Å². The van der Waals surface area contributed by atoms with Crippen molar-refractivity contribution >= 4 is 12.0 Å². The summed E-state index contributed by atoms with van der Waals surface area (Å²) in [6.45, 7) is 0. The molecule has 0 atom stereocenters. The van der Waals surface area contributed by atoms with Crippen molar-refractivity contribution in [3.63, 3.8) is 0 Å². The first kappa shape index (κ1) is 8.24. The second-order valence-corrected chi connectivity index (χ2v) is 2.05. The lowest BCUT2D eigenvalue weighted by Crippen LogP contribution is -2.00. The third-order valence-corrected chi connectivity index (χ3v) is 1.27. The number of aliphatic imine (C=N–C) groups is 1. The van der Waals surface area contributed by atoms with Gasteiger partial charge >= 0.3 is 0 Å². The molecule has 0 fully saturated rings. The number of benzene rings is 1. The summed E-state index contributed by atoms with van der Waals surface area (Å²) < 4.78 is 0. The average molecular weight is 161 g/mol. The summed E-state index contributed by atoms with van der Waals surface area (Å²) in [6.07, 6.45) is 1.15. The first-order valence-corrected chi connectivity index (χ1v) is 3.29. The Morgan fingerprint density at radius 3 is 2.58 bits per heavy atom. The average Bonchev–Trinajstić information content (AvgIpc) is 2.15. The van der Waals surface area contributed by atoms with Crippen molar-refractivity contribution in [2.24, 2.45) is 4.99 Å². The topological polar surface area (TPSA) is 68.4 Å². The minimum Gasteiger partial charge on any atom is -0.290 e. The standard InChI is InChI=1S/C8H7N3O/c9-5-7-1-3-8(4-2-7)10-6-11-12/h1-4,6,12H,(H,10,11). The fourth-order valence-electron chi connectivity index (χ4n) is 0.725. The van der Waals surface area contributed by atoms with E-state index < -0.39 is 0 Å². The highest BCUT2D eigenvalue weighted by atomic mass is 16.5. The van der Waals surface area contributed by atoms with Crippen LogP contribution in [0.2, 0.25) is 0 Å². The molecule has 0 unspecified atom stereocenters. The fourth-order valence-corrected chi connectivity index (χ4v) is 0.725. The zero-order valence-corrected chi connectivity index (χ0v) is 6.23. The lowest BCUT2D eigenvalue weighted by molar-refractivity contribution is 0.240. The van der Waals surface area contributed by atoms with Crippen LogP contribution in [0.15, 0.2) is 29.3 Å². The predicted molar refractivity (Wildman–Crippen MR) is 44.2 cm³/mol. The monoisotopic (exact) mass is 161 g/mol. The van der Waals surface area contributed by atoms with Gasteiger partial charge in [0.15, 0.2) is 0 Å². The van der Waals surface area contributed by atoms with Crippen LogP contribution in [0.25, 0.3) is 0 Å². The second kappa shape index (κ2) is 4.11. The van der Waals surface area contributed by atoms with Crippen LogP contribution in [0.3, 0.4) is 0 Å². The van der Waals surface area contributed by atoms with Gasteiger partial charge in [-0.1, -0.05) is 0 Å². The third-order valence-electron chi connectivity index (χ3n) is 1.27. The van der Waals surface area contributed by atoms with E-state index in [9.17, 15) is 0 Å². The van der Waals surface area contributed by atoms with Crippen LogP contribution >= 0.6 is 0 Å². The van der Waals surface area contributed by atoms with Crippen LogP contribution in [0, 0.1) is 11.3 Å². The number of nitrogens with one attached hydrogen (secondary N) is 1. The van der Waals surface area contributed by atoms with Crippen molar-refractivity contribution in [1.29, 1.82) is 5.26 Å². The van der Waals surface area contributed by atoms with E-state index in [0.29, 0.717) is 11.3 Å². The van der Waals surface area contributed by atoms with Gasteiger partial charge in [0.25, 0.3) is 0 Å². The Morgan fingerprint density at radius 1 is 1.42 bits per heavy atom. The molecule has 12 heavy (non-hydrogen) atoms. The highest BCUT2D eigenvalue weighted by molar-refractivity contribution is 5.59. The number of hydrogen-bond donors (Lipinski definition) is 2. The van der Waals surface area contributed by atoms with Gasteiger partial charge in [0.05, 0.1) is 17.3 Å². The van der Waals surface area contributed by atoms with Gasteiger partial charge in [0, 0.05) is 0 Å². The summed E-state index contributed by atoms with van der Waals surface area (Å²) in [7, 11) is 0. The highest BCUT2D eigenvalue weighted by Crippen LogP contribution is 2.10. The zero-order chi connectivity index (χ0) is 8.81. The Kier molecular flexibility index (Phi) is 2.82. The van der Waals surface area contributed by atoms with Crippen molar-refractivity contribution in [2.45, 2.75) is 0 Å². The smallest absolute Gasteiger partial charge is 0.113 e. The quantitative estimate of drug-likeness (QED) is 0.389. The van der Waals surface area contributed by atoms with Crippen molar-refractivity contribution in [2.75, 3.05) is 0 Å². The molecule has 0 aromatic heterocycles. The Morgan fingerprint density at radius 2 is 2.08 bits per heavy atom. The van der Waals surface area contributed by atoms with Crippen LogP contribution in [-0.4, -0.2) is 11.5 Å². The van der Waals surface area contributed by atoms with E-state index in [1.807, 2.05) is 6.07 Å². The van der Waals surface area contributed by atoms with Crippen LogP contribution < -0.4 is 5.48 Å². The molecule has 2 N–H and O–H groups in total. The molecule has 0 aliphatic carbocycles. The molecule has 4 nitrogen and oxygen atoms in total. The summed E-state index contributed by atoms with van der Waals surface area (Å²) in [5, 5.41) is 16.6.